The molecule has 0 aliphatic heterocycles. The molecule has 126 valence electrons. The minimum absolute atomic E-state index is 0.224. The number of aromatic nitrogens is 2. The number of nitrogens with zero attached hydrogens (tertiary/aromatic N) is 2. The summed E-state index contributed by atoms with van der Waals surface area (Å²) in [5.74, 6) is -1.03. The summed E-state index contributed by atoms with van der Waals surface area (Å²) in [7, 11) is 1.57. The second-order valence-electron chi connectivity index (χ2n) is 5.56. The predicted octanol–water partition coefficient (Wildman–Crippen LogP) is 2.19. The predicted molar refractivity (Wildman–Crippen MR) is 87.2 cm³/mol. The van der Waals surface area contributed by atoms with E-state index in [9.17, 15) is 14.7 Å². The standard InChI is InChI=1S/C16H17N3O4S/c1-23-7-13-19-12(8-24-13)15(20)17-6-10-4-5-11(16(21)22)14(18-10)9-2-3-9/h4-5,8-9H,2-3,6-7H2,1H3,(H,17,20)(H,21,22). The average Bonchev–Trinajstić information content (AvgIpc) is 3.32. The number of rotatable bonds is 7. The van der Waals surface area contributed by atoms with Crippen LogP contribution in [0.4, 0.5) is 0 Å². The lowest BCUT2D eigenvalue weighted by atomic mass is 10.1. The van der Waals surface area contributed by atoms with Gasteiger partial charge in [0, 0.05) is 18.4 Å². The lowest BCUT2D eigenvalue weighted by Gasteiger charge is -2.08. The topological polar surface area (TPSA) is 101 Å². The van der Waals surface area contributed by atoms with Crippen LogP contribution < -0.4 is 5.32 Å². The van der Waals surface area contributed by atoms with Gasteiger partial charge in [-0.2, -0.15) is 0 Å². The van der Waals surface area contributed by atoms with Crippen molar-refractivity contribution >= 4 is 23.2 Å². The van der Waals surface area contributed by atoms with Crippen molar-refractivity contribution in [1.82, 2.24) is 15.3 Å². The molecular weight excluding hydrogens is 330 g/mol. The van der Waals surface area contributed by atoms with Crippen LogP contribution in [0.3, 0.4) is 0 Å². The number of carboxylic acid groups (broad SMARTS) is 1. The normalized spacial score (nSPS) is 13.7. The summed E-state index contributed by atoms with van der Waals surface area (Å²) in [6.07, 6.45) is 1.92. The number of carboxylic acids is 1. The second-order valence-corrected chi connectivity index (χ2v) is 6.50. The number of carbonyl (C=O) groups is 2. The SMILES string of the molecule is COCc1nc(C(=O)NCc2ccc(C(=O)O)c(C3CC3)n2)cs1. The molecule has 0 spiro atoms. The third-order valence-corrected chi connectivity index (χ3v) is 4.48. The number of hydrogen-bond acceptors (Lipinski definition) is 6. The quantitative estimate of drug-likeness (QED) is 0.796. The fourth-order valence-corrected chi connectivity index (χ4v) is 3.08. The van der Waals surface area contributed by atoms with Crippen molar-refractivity contribution < 1.29 is 19.4 Å². The highest BCUT2D eigenvalue weighted by Gasteiger charge is 2.29. The summed E-state index contributed by atoms with van der Waals surface area (Å²) in [6.45, 7) is 0.608. The van der Waals surface area contributed by atoms with Gasteiger partial charge in [-0.25, -0.2) is 9.78 Å². The molecule has 1 amide bonds. The van der Waals surface area contributed by atoms with Gasteiger partial charge in [0.15, 0.2) is 0 Å². The third kappa shape index (κ3) is 3.77. The smallest absolute Gasteiger partial charge is 0.337 e. The van der Waals surface area contributed by atoms with Crippen molar-refractivity contribution in [2.24, 2.45) is 0 Å². The molecular formula is C16H17N3O4S. The number of thiazole rings is 1. The van der Waals surface area contributed by atoms with Crippen LogP contribution in [0.5, 0.6) is 0 Å². The maximum Gasteiger partial charge on any atom is 0.337 e. The minimum Gasteiger partial charge on any atom is -0.478 e. The largest absolute Gasteiger partial charge is 0.478 e. The number of amides is 1. The number of hydrogen-bond donors (Lipinski definition) is 2. The van der Waals surface area contributed by atoms with Gasteiger partial charge in [0.2, 0.25) is 0 Å². The first-order chi connectivity index (χ1) is 11.6. The number of methoxy groups -OCH3 is 1. The van der Waals surface area contributed by atoms with E-state index in [1.54, 1.807) is 24.6 Å². The molecule has 2 aromatic heterocycles. The van der Waals surface area contributed by atoms with Crippen molar-refractivity contribution in [3.8, 4) is 0 Å². The number of ether oxygens (including phenoxy) is 1. The fourth-order valence-electron chi connectivity index (χ4n) is 2.33. The molecule has 2 aromatic rings. The summed E-state index contributed by atoms with van der Waals surface area (Å²) in [5, 5.41) is 14.4. The highest BCUT2D eigenvalue weighted by atomic mass is 32.1. The zero-order valence-electron chi connectivity index (χ0n) is 13.1. The molecule has 0 radical (unpaired) electrons. The zero-order valence-corrected chi connectivity index (χ0v) is 13.9. The van der Waals surface area contributed by atoms with E-state index in [2.05, 4.69) is 15.3 Å². The van der Waals surface area contributed by atoms with Crippen LogP contribution in [0.1, 0.15) is 56.0 Å². The monoisotopic (exact) mass is 347 g/mol. The number of aromatic carboxylic acids is 1. The summed E-state index contributed by atoms with van der Waals surface area (Å²) in [5.41, 5.74) is 1.85. The highest BCUT2D eigenvalue weighted by molar-refractivity contribution is 7.09. The van der Waals surface area contributed by atoms with Crippen molar-refractivity contribution in [2.75, 3.05) is 7.11 Å². The van der Waals surface area contributed by atoms with Gasteiger partial charge in [-0.05, 0) is 25.0 Å². The van der Waals surface area contributed by atoms with Crippen LogP contribution in [-0.2, 0) is 17.9 Å². The Kier molecular flexibility index (Phi) is 4.86. The van der Waals surface area contributed by atoms with Gasteiger partial charge in [0.05, 0.1) is 30.1 Å². The Hall–Kier alpha value is -2.32. The van der Waals surface area contributed by atoms with Crippen LogP contribution in [0.25, 0.3) is 0 Å². The minimum atomic E-state index is -0.965. The van der Waals surface area contributed by atoms with Gasteiger partial charge in [-0.15, -0.1) is 11.3 Å². The van der Waals surface area contributed by atoms with Gasteiger partial charge >= 0.3 is 5.97 Å². The van der Waals surface area contributed by atoms with Gasteiger partial charge in [0.25, 0.3) is 5.91 Å². The second kappa shape index (κ2) is 7.06. The van der Waals surface area contributed by atoms with E-state index in [0.29, 0.717) is 23.7 Å². The Morgan fingerprint density at radius 2 is 2.17 bits per heavy atom. The fraction of sp³-hybridized carbons (Fsp3) is 0.375. The summed E-state index contributed by atoms with van der Waals surface area (Å²) >= 11 is 1.37. The van der Waals surface area contributed by atoms with E-state index in [-0.39, 0.29) is 23.9 Å². The molecule has 0 aromatic carbocycles. The average molecular weight is 347 g/mol. The highest BCUT2D eigenvalue weighted by Crippen LogP contribution is 2.40. The molecule has 1 aliphatic rings. The van der Waals surface area contributed by atoms with E-state index >= 15 is 0 Å². The van der Waals surface area contributed by atoms with Crippen molar-refractivity contribution in [2.45, 2.75) is 31.9 Å². The Labute approximate surface area is 142 Å². The van der Waals surface area contributed by atoms with Crippen LogP contribution in [0.15, 0.2) is 17.5 Å². The van der Waals surface area contributed by atoms with E-state index < -0.39 is 5.97 Å². The molecule has 0 bridgehead atoms. The first kappa shape index (κ1) is 16.5. The van der Waals surface area contributed by atoms with Gasteiger partial charge in [-0.1, -0.05) is 0 Å². The zero-order chi connectivity index (χ0) is 17.1. The first-order valence-electron chi connectivity index (χ1n) is 7.53. The molecule has 7 nitrogen and oxygen atoms in total. The van der Waals surface area contributed by atoms with Gasteiger partial charge < -0.3 is 15.2 Å². The number of carbonyl (C=O) groups excluding carboxylic acids is 1. The molecule has 3 rings (SSSR count). The molecule has 1 aliphatic carbocycles. The number of nitrogens with one attached hydrogen (secondary N) is 1. The summed E-state index contributed by atoms with van der Waals surface area (Å²) in [6, 6.07) is 3.19. The Bertz CT molecular complexity index is 770. The molecule has 24 heavy (non-hydrogen) atoms. The van der Waals surface area contributed by atoms with E-state index in [1.807, 2.05) is 0 Å². The third-order valence-electron chi connectivity index (χ3n) is 3.66. The first-order valence-corrected chi connectivity index (χ1v) is 8.41. The Balaban J connectivity index is 1.66. The lowest BCUT2D eigenvalue weighted by Crippen LogP contribution is -2.24. The van der Waals surface area contributed by atoms with Gasteiger partial charge in [0.1, 0.15) is 10.7 Å². The van der Waals surface area contributed by atoms with Crippen molar-refractivity contribution in [3.63, 3.8) is 0 Å². The molecule has 2 N–H and O–H groups in total. The van der Waals surface area contributed by atoms with Crippen molar-refractivity contribution in [1.29, 1.82) is 0 Å². The molecule has 0 unspecified atom stereocenters. The van der Waals surface area contributed by atoms with Crippen LogP contribution in [0, 0.1) is 0 Å². The Morgan fingerprint density at radius 3 is 2.83 bits per heavy atom. The number of pyridine rings is 1. The van der Waals surface area contributed by atoms with E-state index in [1.165, 1.54) is 11.3 Å². The van der Waals surface area contributed by atoms with Crippen molar-refractivity contribution in [3.05, 3.63) is 45.2 Å². The molecule has 0 saturated heterocycles. The summed E-state index contributed by atoms with van der Waals surface area (Å²) < 4.78 is 4.98. The van der Waals surface area contributed by atoms with Crippen LogP contribution in [-0.4, -0.2) is 34.1 Å². The van der Waals surface area contributed by atoms with Crippen LogP contribution in [0.2, 0.25) is 0 Å². The lowest BCUT2D eigenvalue weighted by molar-refractivity contribution is 0.0694. The molecule has 8 heteroatoms. The maximum absolute atomic E-state index is 12.1. The summed E-state index contributed by atoms with van der Waals surface area (Å²) in [4.78, 5) is 32.0. The molecule has 1 saturated carbocycles. The Morgan fingerprint density at radius 1 is 1.38 bits per heavy atom. The van der Waals surface area contributed by atoms with E-state index in [4.69, 9.17) is 4.74 Å². The molecule has 2 heterocycles. The van der Waals surface area contributed by atoms with Gasteiger partial charge in [-0.3, -0.25) is 9.78 Å². The molecule has 0 atom stereocenters. The molecule has 1 fully saturated rings. The maximum atomic E-state index is 12.1. The van der Waals surface area contributed by atoms with E-state index in [0.717, 1.165) is 17.8 Å². The van der Waals surface area contributed by atoms with Crippen LogP contribution >= 0.6 is 11.3 Å².